The first kappa shape index (κ1) is 16.3. The lowest BCUT2D eigenvalue weighted by molar-refractivity contribution is 0.903. The first-order valence-corrected chi connectivity index (χ1v) is 8.00. The Kier molecular flexibility index (Phi) is 5.75. The zero-order valence-electron chi connectivity index (χ0n) is 13.9. The van der Waals surface area contributed by atoms with Gasteiger partial charge in [-0.25, -0.2) is 0 Å². The van der Waals surface area contributed by atoms with Crippen LogP contribution in [0.25, 0.3) is 0 Å². The maximum Gasteiger partial charge on any atom is 0.0343 e. The van der Waals surface area contributed by atoms with Gasteiger partial charge in [-0.15, -0.1) is 5.73 Å². The Hall–Kier alpha value is -2.11. The molecule has 1 unspecified atom stereocenters. The first-order chi connectivity index (χ1) is 10.7. The van der Waals surface area contributed by atoms with E-state index in [4.69, 9.17) is 0 Å². The van der Waals surface area contributed by atoms with E-state index in [1.54, 1.807) is 0 Å². The molecular weight excluding hydrogens is 266 g/mol. The molecule has 22 heavy (non-hydrogen) atoms. The predicted molar refractivity (Wildman–Crippen MR) is 97.0 cm³/mol. The minimum Gasteiger partial charge on any atom is -0.264 e. The van der Waals surface area contributed by atoms with E-state index in [0.29, 0.717) is 5.92 Å². The summed E-state index contributed by atoms with van der Waals surface area (Å²) in [6.07, 6.45) is 17.9. The number of hydrogen-bond donors (Lipinski definition) is 0. The summed E-state index contributed by atoms with van der Waals surface area (Å²) in [5, 5.41) is 0. The number of hydrogen-bond acceptors (Lipinski definition) is 1. The van der Waals surface area contributed by atoms with Crippen molar-refractivity contribution in [3.8, 4) is 0 Å². The van der Waals surface area contributed by atoms with Gasteiger partial charge in [0.2, 0.25) is 0 Å². The third-order valence-corrected chi connectivity index (χ3v) is 4.12. The van der Waals surface area contributed by atoms with Gasteiger partial charge in [0.05, 0.1) is 0 Å². The fourth-order valence-corrected chi connectivity index (χ4v) is 2.67. The van der Waals surface area contributed by atoms with E-state index >= 15 is 0 Å². The lowest BCUT2D eigenvalue weighted by atomic mass is 9.97. The van der Waals surface area contributed by atoms with Crippen LogP contribution in [0.15, 0.2) is 81.7 Å². The van der Waals surface area contributed by atoms with E-state index in [0.717, 1.165) is 19.3 Å². The SMILES string of the molecule is C=C=CCC1C=C1C1=C(/C=C(C)/C(C)=C\CC)C=NC=CC1. The Labute approximate surface area is 134 Å². The lowest BCUT2D eigenvalue weighted by Crippen LogP contribution is -1.93. The van der Waals surface area contributed by atoms with Gasteiger partial charge in [-0.05, 0) is 67.6 Å². The average molecular weight is 291 g/mol. The second-order valence-corrected chi connectivity index (χ2v) is 5.80. The van der Waals surface area contributed by atoms with E-state index in [1.807, 2.05) is 18.5 Å². The summed E-state index contributed by atoms with van der Waals surface area (Å²) in [4.78, 5) is 4.37. The molecule has 1 heteroatoms. The molecule has 0 spiro atoms. The molecule has 0 aromatic rings. The number of aliphatic imine (C=N–C) groups is 1. The summed E-state index contributed by atoms with van der Waals surface area (Å²) >= 11 is 0. The van der Waals surface area contributed by atoms with Gasteiger partial charge >= 0.3 is 0 Å². The van der Waals surface area contributed by atoms with Crippen molar-refractivity contribution in [1.29, 1.82) is 0 Å². The highest BCUT2D eigenvalue weighted by molar-refractivity contribution is 5.87. The van der Waals surface area contributed by atoms with E-state index in [9.17, 15) is 0 Å². The maximum absolute atomic E-state index is 4.37. The van der Waals surface area contributed by atoms with Crippen molar-refractivity contribution in [2.45, 2.75) is 40.0 Å². The third-order valence-electron chi connectivity index (χ3n) is 4.12. The highest BCUT2D eigenvalue weighted by Gasteiger charge is 2.27. The zero-order valence-corrected chi connectivity index (χ0v) is 13.9. The van der Waals surface area contributed by atoms with Gasteiger partial charge in [-0.3, -0.25) is 4.99 Å². The Bertz CT molecular complexity index is 656. The molecule has 2 aliphatic rings. The molecule has 114 valence electrons. The Balaban J connectivity index is 2.27. The van der Waals surface area contributed by atoms with Crippen molar-refractivity contribution in [1.82, 2.24) is 0 Å². The molecule has 0 aromatic heterocycles. The minimum atomic E-state index is 0.556. The number of rotatable bonds is 6. The number of allylic oxidation sites excluding steroid dienone is 10. The van der Waals surface area contributed by atoms with Crippen LogP contribution in [0.1, 0.15) is 40.0 Å². The van der Waals surface area contributed by atoms with Crippen LogP contribution < -0.4 is 0 Å². The van der Waals surface area contributed by atoms with Crippen LogP contribution in [0.2, 0.25) is 0 Å². The Morgan fingerprint density at radius 3 is 2.95 bits per heavy atom. The standard InChI is InChI=1S/C21H25N/c1-5-7-10-18-14-21(18)20-11-8-12-22-15-19(20)13-17(4)16(3)9-6-2/h7-9,12-15,18H,1,6,10-11H2,2-4H3/b16-9-,17-13+. The molecule has 0 bridgehead atoms. The van der Waals surface area contributed by atoms with Gasteiger partial charge in [0, 0.05) is 18.3 Å². The van der Waals surface area contributed by atoms with E-state index in [-0.39, 0.29) is 0 Å². The monoisotopic (exact) mass is 291 g/mol. The fourth-order valence-electron chi connectivity index (χ4n) is 2.67. The molecule has 0 fully saturated rings. The second-order valence-electron chi connectivity index (χ2n) is 5.80. The predicted octanol–water partition coefficient (Wildman–Crippen LogP) is 5.86. The molecule has 2 rings (SSSR count). The highest BCUT2D eigenvalue weighted by atomic mass is 14.7. The normalized spacial score (nSPS) is 21.4. The van der Waals surface area contributed by atoms with Crippen LogP contribution in [0.5, 0.6) is 0 Å². The van der Waals surface area contributed by atoms with Crippen molar-refractivity contribution in [2.75, 3.05) is 0 Å². The molecule has 0 radical (unpaired) electrons. The molecule has 1 aliphatic carbocycles. The molecule has 0 saturated carbocycles. The summed E-state index contributed by atoms with van der Waals surface area (Å²) < 4.78 is 0. The molecular formula is C21H25N. The van der Waals surface area contributed by atoms with Gasteiger partial charge in [-0.2, -0.15) is 0 Å². The molecule has 1 heterocycles. The summed E-state index contributed by atoms with van der Waals surface area (Å²) in [5.74, 6) is 0.556. The van der Waals surface area contributed by atoms with Crippen molar-refractivity contribution in [3.63, 3.8) is 0 Å². The van der Waals surface area contributed by atoms with Crippen molar-refractivity contribution in [3.05, 3.63) is 76.8 Å². The second kappa shape index (κ2) is 7.77. The summed E-state index contributed by atoms with van der Waals surface area (Å²) in [6.45, 7) is 10.2. The molecule has 1 aliphatic heterocycles. The lowest BCUT2D eigenvalue weighted by Gasteiger charge is -2.08. The zero-order chi connectivity index (χ0) is 15.9. The van der Waals surface area contributed by atoms with Gasteiger partial charge in [0.15, 0.2) is 0 Å². The van der Waals surface area contributed by atoms with E-state index in [1.165, 1.54) is 27.9 Å². The Morgan fingerprint density at radius 2 is 2.23 bits per heavy atom. The van der Waals surface area contributed by atoms with Crippen LogP contribution >= 0.6 is 0 Å². The highest BCUT2D eigenvalue weighted by Crippen LogP contribution is 2.41. The van der Waals surface area contributed by atoms with Crippen molar-refractivity contribution >= 4 is 6.21 Å². The first-order valence-electron chi connectivity index (χ1n) is 8.00. The van der Waals surface area contributed by atoms with E-state index in [2.05, 4.69) is 62.4 Å². The van der Waals surface area contributed by atoms with Crippen LogP contribution in [0, 0.1) is 5.92 Å². The van der Waals surface area contributed by atoms with Crippen LogP contribution in [-0.4, -0.2) is 6.21 Å². The largest absolute Gasteiger partial charge is 0.264 e. The van der Waals surface area contributed by atoms with Crippen LogP contribution in [0.4, 0.5) is 0 Å². The summed E-state index contributed by atoms with van der Waals surface area (Å²) in [6, 6.07) is 0. The average Bonchev–Trinajstić information content (AvgIpc) is 3.28. The van der Waals surface area contributed by atoms with Gasteiger partial charge in [0.1, 0.15) is 0 Å². The molecule has 0 amide bonds. The topological polar surface area (TPSA) is 12.4 Å². The molecule has 0 aromatic carbocycles. The van der Waals surface area contributed by atoms with Crippen LogP contribution in [-0.2, 0) is 0 Å². The fraction of sp³-hybridized carbons (Fsp3) is 0.333. The van der Waals surface area contributed by atoms with E-state index < -0.39 is 0 Å². The number of nitrogens with zero attached hydrogens (tertiary/aromatic N) is 1. The molecule has 0 saturated heterocycles. The molecule has 1 nitrogen and oxygen atoms in total. The minimum absolute atomic E-state index is 0.556. The smallest absolute Gasteiger partial charge is 0.0343 e. The quantitative estimate of drug-likeness (QED) is 0.429. The molecule has 1 atom stereocenters. The van der Waals surface area contributed by atoms with Crippen molar-refractivity contribution in [2.24, 2.45) is 10.9 Å². The third kappa shape index (κ3) is 4.19. The summed E-state index contributed by atoms with van der Waals surface area (Å²) in [5.41, 5.74) is 9.62. The van der Waals surface area contributed by atoms with Crippen molar-refractivity contribution < 1.29 is 0 Å². The van der Waals surface area contributed by atoms with Gasteiger partial charge < -0.3 is 0 Å². The molecule has 0 N–H and O–H groups in total. The van der Waals surface area contributed by atoms with Gasteiger partial charge in [-0.1, -0.05) is 37.3 Å². The maximum atomic E-state index is 4.37. The summed E-state index contributed by atoms with van der Waals surface area (Å²) in [7, 11) is 0. The van der Waals surface area contributed by atoms with Gasteiger partial charge in [0.25, 0.3) is 0 Å². The van der Waals surface area contributed by atoms with Crippen LogP contribution in [0.3, 0.4) is 0 Å². The Morgan fingerprint density at radius 1 is 1.41 bits per heavy atom.